The first-order chi connectivity index (χ1) is 13.3. The van der Waals surface area contributed by atoms with E-state index in [2.05, 4.69) is 10.6 Å². The number of hydrogen-bond acceptors (Lipinski definition) is 3. The molecule has 3 rings (SSSR count). The topological polar surface area (TPSA) is 78.5 Å². The second-order valence-electron chi connectivity index (χ2n) is 6.69. The van der Waals surface area contributed by atoms with Crippen LogP contribution in [0.5, 0.6) is 0 Å². The highest BCUT2D eigenvalue weighted by Gasteiger charge is 2.39. The van der Waals surface area contributed by atoms with Gasteiger partial charge in [-0.25, -0.2) is 0 Å². The van der Waals surface area contributed by atoms with Crippen molar-refractivity contribution in [1.82, 2.24) is 10.6 Å². The summed E-state index contributed by atoms with van der Waals surface area (Å²) in [7, 11) is 0. The molecule has 1 aliphatic rings. The van der Waals surface area contributed by atoms with Gasteiger partial charge in [-0.15, -0.1) is 0 Å². The standard InChI is InChI=1S/C20H19Cl2N3O3/c1-11(2)25-16-6-4-3-5-14(16)17(20(25)28)24-19(27)18(26)23-10-12-7-8-13(21)9-15(12)22/h3-9,11,17H,10H2,1-2H3,(H,23,26)(H,24,27)/t17-/m1/s1. The van der Waals surface area contributed by atoms with Crippen molar-refractivity contribution in [2.24, 2.45) is 0 Å². The second kappa shape index (κ2) is 8.20. The van der Waals surface area contributed by atoms with E-state index in [1.165, 1.54) is 0 Å². The maximum absolute atomic E-state index is 12.8. The first kappa shape index (κ1) is 20.2. The van der Waals surface area contributed by atoms with Gasteiger partial charge in [-0.1, -0.05) is 47.5 Å². The van der Waals surface area contributed by atoms with Crippen LogP contribution in [0.2, 0.25) is 10.0 Å². The van der Waals surface area contributed by atoms with Gasteiger partial charge < -0.3 is 15.5 Å². The Kier molecular flexibility index (Phi) is 5.91. The van der Waals surface area contributed by atoms with Crippen LogP contribution in [0.3, 0.4) is 0 Å². The molecule has 8 heteroatoms. The Morgan fingerprint density at radius 1 is 1.11 bits per heavy atom. The summed E-state index contributed by atoms with van der Waals surface area (Å²) in [5, 5.41) is 5.90. The number of amides is 3. The molecule has 6 nitrogen and oxygen atoms in total. The Balaban J connectivity index is 1.68. The molecule has 0 fully saturated rings. The number of hydrogen-bond donors (Lipinski definition) is 2. The van der Waals surface area contributed by atoms with E-state index in [1.54, 1.807) is 35.2 Å². The van der Waals surface area contributed by atoms with Crippen LogP contribution in [0.15, 0.2) is 42.5 Å². The zero-order valence-electron chi connectivity index (χ0n) is 15.3. The molecule has 2 aromatic carbocycles. The predicted molar refractivity (Wildman–Crippen MR) is 108 cm³/mol. The first-order valence-corrected chi connectivity index (χ1v) is 9.49. The Labute approximate surface area is 172 Å². The summed E-state index contributed by atoms with van der Waals surface area (Å²) in [4.78, 5) is 38.9. The maximum atomic E-state index is 12.8. The molecular weight excluding hydrogens is 401 g/mol. The number of carbonyl (C=O) groups excluding carboxylic acids is 3. The third kappa shape index (κ3) is 3.98. The zero-order valence-corrected chi connectivity index (χ0v) is 16.8. The Hall–Kier alpha value is -2.57. The van der Waals surface area contributed by atoms with Gasteiger partial charge in [-0.05, 0) is 37.6 Å². The molecule has 0 saturated carbocycles. The summed E-state index contributed by atoms with van der Waals surface area (Å²) in [5.41, 5.74) is 2.03. The second-order valence-corrected chi connectivity index (χ2v) is 7.53. The normalized spacial score (nSPS) is 15.5. The maximum Gasteiger partial charge on any atom is 0.310 e. The monoisotopic (exact) mass is 419 g/mol. The van der Waals surface area contributed by atoms with Crippen molar-refractivity contribution in [3.05, 3.63) is 63.6 Å². The lowest BCUT2D eigenvalue weighted by atomic mass is 10.1. The smallest absolute Gasteiger partial charge is 0.310 e. The van der Waals surface area contributed by atoms with Gasteiger partial charge in [0.2, 0.25) is 0 Å². The number of benzene rings is 2. The minimum atomic E-state index is -0.893. The van der Waals surface area contributed by atoms with E-state index in [-0.39, 0.29) is 18.5 Å². The third-order valence-electron chi connectivity index (χ3n) is 4.44. The number of para-hydroxylation sites is 1. The molecule has 0 bridgehead atoms. The molecule has 2 aromatic rings. The Morgan fingerprint density at radius 2 is 1.82 bits per heavy atom. The van der Waals surface area contributed by atoms with E-state index in [4.69, 9.17) is 23.2 Å². The van der Waals surface area contributed by atoms with E-state index in [1.807, 2.05) is 26.0 Å². The minimum Gasteiger partial charge on any atom is -0.344 e. The lowest BCUT2D eigenvalue weighted by Gasteiger charge is -2.22. The van der Waals surface area contributed by atoms with E-state index < -0.39 is 17.9 Å². The summed E-state index contributed by atoms with van der Waals surface area (Å²) < 4.78 is 0. The largest absolute Gasteiger partial charge is 0.344 e. The molecule has 1 atom stereocenters. The molecule has 0 aliphatic carbocycles. The summed E-state index contributed by atoms with van der Waals surface area (Å²) in [6.45, 7) is 3.85. The van der Waals surface area contributed by atoms with Gasteiger partial charge in [-0.3, -0.25) is 14.4 Å². The van der Waals surface area contributed by atoms with E-state index in [0.29, 0.717) is 21.2 Å². The lowest BCUT2D eigenvalue weighted by molar-refractivity contribution is -0.140. The number of rotatable bonds is 4. The van der Waals surface area contributed by atoms with Crippen molar-refractivity contribution in [3.8, 4) is 0 Å². The lowest BCUT2D eigenvalue weighted by Crippen LogP contribution is -2.45. The van der Waals surface area contributed by atoms with Gasteiger partial charge >= 0.3 is 11.8 Å². The quantitative estimate of drug-likeness (QED) is 0.746. The predicted octanol–water partition coefficient (Wildman–Crippen LogP) is 3.22. The molecule has 28 heavy (non-hydrogen) atoms. The van der Waals surface area contributed by atoms with Crippen LogP contribution in [0.1, 0.15) is 31.0 Å². The summed E-state index contributed by atoms with van der Waals surface area (Å²) in [5.74, 6) is -2.00. The molecule has 1 heterocycles. The molecule has 2 N–H and O–H groups in total. The minimum absolute atomic E-state index is 0.0651. The van der Waals surface area contributed by atoms with Crippen molar-refractivity contribution >= 4 is 46.6 Å². The van der Waals surface area contributed by atoms with Crippen LogP contribution >= 0.6 is 23.2 Å². The number of halogens is 2. The van der Waals surface area contributed by atoms with Gasteiger partial charge in [0.05, 0.1) is 0 Å². The van der Waals surface area contributed by atoms with Gasteiger partial charge in [0.1, 0.15) is 6.04 Å². The number of nitrogens with zero attached hydrogens (tertiary/aromatic N) is 1. The fourth-order valence-corrected chi connectivity index (χ4v) is 3.61. The van der Waals surface area contributed by atoms with Gasteiger partial charge in [0.25, 0.3) is 5.91 Å². The molecule has 0 saturated heterocycles. The Bertz CT molecular complexity index is 946. The number of fused-ring (bicyclic) bond motifs is 1. The number of nitrogens with one attached hydrogen (secondary N) is 2. The molecule has 0 spiro atoms. The van der Waals surface area contributed by atoms with Crippen LogP contribution in [0.25, 0.3) is 0 Å². The highest BCUT2D eigenvalue weighted by atomic mass is 35.5. The van der Waals surface area contributed by atoms with Crippen LogP contribution in [0, 0.1) is 0 Å². The van der Waals surface area contributed by atoms with Crippen molar-refractivity contribution in [1.29, 1.82) is 0 Å². The average molecular weight is 420 g/mol. The Morgan fingerprint density at radius 3 is 2.50 bits per heavy atom. The van der Waals surface area contributed by atoms with Gasteiger partial charge in [0, 0.05) is 33.9 Å². The number of carbonyl (C=O) groups is 3. The van der Waals surface area contributed by atoms with Crippen molar-refractivity contribution in [2.75, 3.05) is 4.90 Å². The highest BCUT2D eigenvalue weighted by Crippen LogP contribution is 2.36. The molecular formula is C20H19Cl2N3O3. The number of anilines is 1. The van der Waals surface area contributed by atoms with Crippen molar-refractivity contribution in [3.63, 3.8) is 0 Å². The fourth-order valence-electron chi connectivity index (χ4n) is 3.13. The molecule has 0 radical (unpaired) electrons. The first-order valence-electron chi connectivity index (χ1n) is 8.74. The molecule has 1 aliphatic heterocycles. The summed E-state index contributed by atoms with van der Waals surface area (Å²) in [6, 6.07) is 11.1. The van der Waals surface area contributed by atoms with Crippen LogP contribution in [-0.4, -0.2) is 23.8 Å². The summed E-state index contributed by atoms with van der Waals surface area (Å²) >= 11 is 11.9. The van der Waals surface area contributed by atoms with Crippen LogP contribution in [-0.2, 0) is 20.9 Å². The SMILES string of the molecule is CC(C)N1C(=O)[C@H](NC(=O)C(=O)NCc2ccc(Cl)cc2Cl)c2ccccc21. The average Bonchev–Trinajstić information content (AvgIpc) is 2.92. The molecule has 3 amide bonds. The van der Waals surface area contributed by atoms with Gasteiger partial charge in [-0.2, -0.15) is 0 Å². The van der Waals surface area contributed by atoms with E-state index in [0.717, 1.165) is 5.69 Å². The fraction of sp³-hybridized carbons (Fsp3) is 0.250. The molecule has 0 aromatic heterocycles. The zero-order chi connectivity index (χ0) is 20.4. The van der Waals surface area contributed by atoms with E-state index >= 15 is 0 Å². The van der Waals surface area contributed by atoms with Crippen molar-refractivity contribution < 1.29 is 14.4 Å². The van der Waals surface area contributed by atoms with Crippen LogP contribution < -0.4 is 15.5 Å². The van der Waals surface area contributed by atoms with Gasteiger partial charge in [0.15, 0.2) is 0 Å². The van der Waals surface area contributed by atoms with E-state index in [9.17, 15) is 14.4 Å². The molecule has 0 unspecified atom stereocenters. The van der Waals surface area contributed by atoms with Crippen molar-refractivity contribution in [2.45, 2.75) is 32.5 Å². The summed E-state index contributed by atoms with van der Waals surface area (Å²) in [6.07, 6.45) is 0. The third-order valence-corrected chi connectivity index (χ3v) is 5.03. The van der Waals surface area contributed by atoms with Crippen LogP contribution in [0.4, 0.5) is 5.69 Å². The highest BCUT2D eigenvalue weighted by molar-refractivity contribution is 6.36. The molecule has 146 valence electrons.